The molecule has 1 aromatic heterocycles. The van der Waals surface area contributed by atoms with E-state index in [-0.39, 0.29) is 0 Å². The van der Waals surface area contributed by atoms with E-state index in [1.54, 1.807) is 12.3 Å². The molecule has 25 heavy (non-hydrogen) atoms. The lowest BCUT2D eigenvalue weighted by Crippen LogP contribution is -2.46. The highest BCUT2D eigenvalue weighted by atomic mass is 16.5. The Morgan fingerprint density at radius 1 is 1.04 bits per heavy atom. The number of nitrogens with two attached hydrogens (primary N) is 1. The lowest BCUT2D eigenvalue weighted by atomic mass is 9.90. The van der Waals surface area contributed by atoms with Gasteiger partial charge in [-0.1, -0.05) is 6.42 Å². The third kappa shape index (κ3) is 3.56. The van der Waals surface area contributed by atoms with E-state index in [0.29, 0.717) is 11.7 Å². The number of hydrogen-bond acceptors (Lipinski definition) is 3. The summed E-state index contributed by atoms with van der Waals surface area (Å²) in [6.07, 6.45) is 10.3. The van der Waals surface area contributed by atoms with Crippen LogP contribution in [0, 0.1) is 0 Å². The second kappa shape index (κ2) is 6.92. The molecule has 132 valence electrons. The highest BCUT2D eigenvalue weighted by Crippen LogP contribution is 2.28. The first-order chi connectivity index (χ1) is 12.2. The first-order valence-corrected chi connectivity index (χ1v) is 9.18. The van der Waals surface area contributed by atoms with Crippen LogP contribution in [0.5, 0.6) is 5.75 Å². The molecule has 5 heteroatoms. The van der Waals surface area contributed by atoms with Crippen LogP contribution in [-0.4, -0.2) is 40.6 Å². The summed E-state index contributed by atoms with van der Waals surface area (Å²) in [6, 6.07) is 10.6. The summed E-state index contributed by atoms with van der Waals surface area (Å²) in [4.78, 5) is 13.8. The number of benzene rings is 1. The highest BCUT2D eigenvalue weighted by Gasteiger charge is 2.29. The Morgan fingerprint density at radius 3 is 2.32 bits per heavy atom. The monoisotopic (exact) mass is 339 g/mol. The van der Waals surface area contributed by atoms with Gasteiger partial charge in [0.25, 0.3) is 0 Å². The van der Waals surface area contributed by atoms with Crippen LogP contribution in [0.3, 0.4) is 0 Å². The maximum absolute atomic E-state index is 11.2. The van der Waals surface area contributed by atoms with Gasteiger partial charge in [0.05, 0.1) is 5.56 Å². The molecule has 2 aliphatic rings. The zero-order valence-corrected chi connectivity index (χ0v) is 14.4. The van der Waals surface area contributed by atoms with E-state index in [1.165, 1.54) is 19.3 Å². The Balaban J connectivity index is 1.33. The first kappa shape index (κ1) is 16.2. The van der Waals surface area contributed by atoms with Gasteiger partial charge in [-0.3, -0.25) is 4.79 Å². The number of piperidine rings is 1. The Hall–Kier alpha value is -2.27. The maximum atomic E-state index is 11.2. The van der Waals surface area contributed by atoms with Crippen molar-refractivity contribution in [3.05, 3.63) is 48.3 Å². The summed E-state index contributed by atoms with van der Waals surface area (Å²) < 4.78 is 8.05. The Kier molecular flexibility index (Phi) is 4.49. The van der Waals surface area contributed by atoms with Crippen molar-refractivity contribution in [3.8, 4) is 11.4 Å². The van der Waals surface area contributed by atoms with Crippen LogP contribution < -0.4 is 10.5 Å². The number of aromatic nitrogens is 1. The van der Waals surface area contributed by atoms with E-state index in [1.807, 2.05) is 35.0 Å². The molecule has 1 aliphatic heterocycles. The summed E-state index contributed by atoms with van der Waals surface area (Å²) in [5, 5.41) is 0. The molecule has 0 radical (unpaired) electrons. The first-order valence-electron chi connectivity index (χ1n) is 9.18. The summed E-state index contributed by atoms with van der Waals surface area (Å²) in [6.45, 7) is 2.32. The van der Waals surface area contributed by atoms with Gasteiger partial charge in [0, 0.05) is 37.2 Å². The van der Waals surface area contributed by atoms with Crippen molar-refractivity contribution in [2.24, 2.45) is 5.73 Å². The predicted molar refractivity (Wildman–Crippen MR) is 97.1 cm³/mol. The van der Waals surface area contributed by atoms with Gasteiger partial charge < -0.3 is 19.9 Å². The topological polar surface area (TPSA) is 60.5 Å². The van der Waals surface area contributed by atoms with Crippen LogP contribution >= 0.6 is 0 Å². The standard InChI is InChI=1S/C20H25N3O2/c21-20(24)15-8-11-23(14-15)17-4-6-18(7-5-17)25-19-9-12-22(13-10-19)16-2-1-3-16/h4-8,11,14,16,19H,1-3,9-10,12-13H2,(H2,21,24). The SMILES string of the molecule is NC(=O)c1ccn(-c2ccc(OC3CCN(C4CCC4)CC3)cc2)c1. The molecule has 4 rings (SSSR count). The number of rotatable bonds is 5. The van der Waals surface area contributed by atoms with Crippen molar-refractivity contribution in [2.45, 2.75) is 44.2 Å². The van der Waals surface area contributed by atoms with Crippen LogP contribution in [0.25, 0.3) is 5.69 Å². The van der Waals surface area contributed by atoms with Gasteiger partial charge in [-0.05, 0) is 56.0 Å². The molecule has 1 saturated carbocycles. The summed E-state index contributed by atoms with van der Waals surface area (Å²) in [5.74, 6) is 0.500. The summed E-state index contributed by atoms with van der Waals surface area (Å²) in [5.41, 5.74) is 6.80. The molecule has 0 spiro atoms. The third-order valence-electron chi connectivity index (χ3n) is 5.48. The van der Waals surface area contributed by atoms with Crippen LogP contribution in [0.4, 0.5) is 0 Å². The molecule has 2 fully saturated rings. The molecule has 0 bridgehead atoms. The molecular weight excluding hydrogens is 314 g/mol. The average molecular weight is 339 g/mol. The van der Waals surface area contributed by atoms with Gasteiger partial charge in [-0.25, -0.2) is 0 Å². The molecular formula is C20H25N3O2. The number of carbonyl (C=O) groups excluding carboxylic acids is 1. The quantitative estimate of drug-likeness (QED) is 0.911. The molecule has 1 saturated heterocycles. The van der Waals surface area contributed by atoms with Gasteiger partial charge in [-0.2, -0.15) is 0 Å². The number of ether oxygens (including phenoxy) is 1. The molecule has 1 amide bonds. The fourth-order valence-electron chi connectivity index (χ4n) is 3.70. The van der Waals surface area contributed by atoms with Crippen LogP contribution in [0.2, 0.25) is 0 Å². The van der Waals surface area contributed by atoms with Gasteiger partial charge in [-0.15, -0.1) is 0 Å². The molecule has 2 heterocycles. The lowest BCUT2D eigenvalue weighted by Gasteiger charge is -2.41. The minimum absolute atomic E-state index is 0.315. The zero-order chi connectivity index (χ0) is 17.2. The number of primary amides is 1. The molecule has 1 aromatic carbocycles. The van der Waals surface area contributed by atoms with Crippen LogP contribution in [0.15, 0.2) is 42.7 Å². The lowest BCUT2D eigenvalue weighted by molar-refractivity contribution is 0.0493. The summed E-state index contributed by atoms with van der Waals surface area (Å²) in [7, 11) is 0. The second-order valence-electron chi connectivity index (χ2n) is 7.10. The Morgan fingerprint density at radius 2 is 1.76 bits per heavy atom. The normalized spacial score (nSPS) is 19.5. The van der Waals surface area contributed by atoms with E-state index < -0.39 is 5.91 Å². The van der Waals surface area contributed by atoms with Crippen molar-refractivity contribution in [1.82, 2.24) is 9.47 Å². The van der Waals surface area contributed by atoms with Crippen molar-refractivity contribution in [2.75, 3.05) is 13.1 Å². The van der Waals surface area contributed by atoms with Gasteiger partial charge in [0.15, 0.2) is 0 Å². The summed E-state index contributed by atoms with van der Waals surface area (Å²) >= 11 is 0. The fraction of sp³-hybridized carbons (Fsp3) is 0.450. The predicted octanol–water partition coefficient (Wildman–Crippen LogP) is 2.97. The van der Waals surface area contributed by atoms with Crippen LogP contribution in [0.1, 0.15) is 42.5 Å². The third-order valence-corrected chi connectivity index (χ3v) is 5.48. The maximum Gasteiger partial charge on any atom is 0.250 e. The smallest absolute Gasteiger partial charge is 0.250 e. The van der Waals surface area contributed by atoms with Crippen molar-refractivity contribution >= 4 is 5.91 Å². The van der Waals surface area contributed by atoms with E-state index in [9.17, 15) is 4.79 Å². The van der Waals surface area contributed by atoms with Crippen molar-refractivity contribution in [1.29, 1.82) is 0 Å². The van der Waals surface area contributed by atoms with Crippen LogP contribution in [-0.2, 0) is 0 Å². The highest BCUT2D eigenvalue weighted by molar-refractivity contribution is 5.92. The number of amides is 1. The zero-order valence-electron chi connectivity index (χ0n) is 14.4. The van der Waals surface area contributed by atoms with Gasteiger partial charge in [0.2, 0.25) is 5.91 Å². The number of carbonyl (C=O) groups is 1. The molecule has 5 nitrogen and oxygen atoms in total. The largest absolute Gasteiger partial charge is 0.490 e. The van der Waals surface area contributed by atoms with Crippen molar-refractivity contribution in [3.63, 3.8) is 0 Å². The van der Waals surface area contributed by atoms with E-state index in [0.717, 1.165) is 43.4 Å². The second-order valence-corrected chi connectivity index (χ2v) is 7.10. The van der Waals surface area contributed by atoms with Gasteiger partial charge in [0.1, 0.15) is 11.9 Å². The molecule has 0 unspecified atom stereocenters. The molecule has 2 aromatic rings. The molecule has 1 aliphatic carbocycles. The molecule has 2 N–H and O–H groups in total. The number of likely N-dealkylation sites (tertiary alicyclic amines) is 1. The van der Waals surface area contributed by atoms with Gasteiger partial charge >= 0.3 is 0 Å². The minimum atomic E-state index is -0.410. The van der Waals surface area contributed by atoms with E-state index >= 15 is 0 Å². The van der Waals surface area contributed by atoms with E-state index in [4.69, 9.17) is 10.5 Å². The number of hydrogen-bond donors (Lipinski definition) is 1. The number of nitrogens with zero attached hydrogens (tertiary/aromatic N) is 2. The minimum Gasteiger partial charge on any atom is -0.490 e. The Bertz CT molecular complexity index is 726. The fourth-order valence-corrected chi connectivity index (χ4v) is 3.70. The van der Waals surface area contributed by atoms with Crippen molar-refractivity contribution < 1.29 is 9.53 Å². The average Bonchev–Trinajstić information content (AvgIpc) is 3.06. The molecule has 0 atom stereocenters. The van der Waals surface area contributed by atoms with E-state index in [2.05, 4.69) is 4.90 Å². The Labute approximate surface area is 148 Å².